The van der Waals surface area contributed by atoms with Gasteiger partial charge in [-0.1, -0.05) is 6.92 Å². The van der Waals surface area contributed by atoms with Gasteiger partial charge in [-0.15, -0.1) is 0 Å². The minimum atomic E-state index is -2.67. The predicted octanol–water partition coefficient (Wildman–Crippen LogP) is 3.86. The smallest absolute Gasteiger partial charge is 0.280 e. The highest BCUT2D eigenvalue weighted by Gasteiger charge is 2.17. The molecule has 3 aromatic rings. The van der Waals surface area contributed by atoms with E-state index in [1.54, 1.807) is 10.9 Å². The third-order valence-corrected chi connectivity index (χ3v) is 4.53. The van der Waals surface area contributed by atoms with Crippen LogP contribution in [0.15, 0.2) is 24.5 Å². The predicted molar refractivity (Wildman–Crippen MR) is 103 cm³/mol. The van der Waals surface area contributed by atoms with Crippen molar-refractivity contribution in [3.8, 4) is 11.3 Å². The molecule has 1 N–H and O–H groups in total. The van der Waals surface area contributed by atoms with Gasteiger partial charge in [0.15, 0.2) is 0 Å². The lowest BCUT2D eigenvalue weighted by Crippen LogP contribution is -2.19. The molecule has 7 nitrogen and oxygen atoms in total. The van der Waals surface area contributed by atoms with Crippen LogP contribution in [0, 0.1) is 19.8 Å². The van der Waals surface area contributed by atoms with Crippen LogP contribution in [0.3, 0.4) is 0 Å². The topological polar surface area (TPSA) is 73.5 Å². The molecule has 3 aromatic heterocycles. The van der Waals surface area contributed by atoms with Gasteiger partial charge in [-0.05, 0) is 38.8 Å². The molecule has 0 aromatic carbocycles. The Morgan fingerprint density at radius 1 is 1.21 bits per heavy atom. The molecule has 9 heteroatoms. The molecule has 0 aliphatic carbocycles. The van der Waals surface area contributed by atoms with Crippen molar-refractivity contribution in [1.29, 1.82) is 0 Å². The molecule has 150 valence electrons. The SMILES string of the molecule is CCn1ncc(-c2cc(C(F)F)nc(NCC(C)Cn3ccc(C)n3)n2)c1C. The fourth-order valence-electron chi connectivity index (χ4n) is 3.03. The Bertz CT molecular complexity index is 932. The number of halogens is 2. The van der Waals surface area contributed by atoms with Gasteiger partial charge < -0.3 is 5.32 Å². The lowest BCUT2D eigenvalue weighted by molar-refractivity contribution is 0.146. The van der Waals surface area contributed by atoms with Crippen molar-refractivity contribution < 1.29 is 8.78 Å². The normalized spacial score (nSPS) is 12.5. The number of hydrogen-bond acceptors (Lipinski definition) is 5. The standard InChI is InChI=1S/C19H25F2N7/c1-5-28-14(4)15(10-23-28)16-8-17(18(20)21)25-19(24-16)22-9-12(2)11-27-7-6-13(3)26-27/h6-8,10,12,18H,5,9,11H2,1-4H3,(H,22,24,25). The number of anilines is 1. The van der Waals surface area contributed by atoms with E-state index >= 15 is 0 Å². The van der Waals surface area contributed by atoms with Gasteiger partial charge in [0.1, 0.15) is 5.69 Å². The lowest BCUT2D eigenvalue weighted by Gasteiger charge is -2.14. The molecule has 0 fully saturated rings. The first kappa shape index (κ1) is 19.9. The average Bonchev–Trinajstić information content (AvgIpc) is 3.24. The van der Waals surface area contributed by atoms with E-state index in [0.717, 1.165) is 17.0 Å². The Morgan fingerprint density at radius 3 is 2.61 bits per heavy atom. The molecule has 28 heavy (non-hydrogen) atoms. The van der Waals surface area contributed by atoms with Gasteiger partial charge in [-0.25, -0.2) is 18.7 Å². The van der Waals surface area contributed by atoms with Gasteiger partial charge in [0, 0.05) is 37.1 Å². The van der Waals surface area contributed by atoms with Gasteiger partial charge in [0.05, 0.1) is 17.6 Å². The van der Waals surface area contributed by atoms with Crippen LogP contribution in [0.4, 0.5) is 14.7 Å². The first-order valence-corrected chi connectivity index (χ1v) is 9.31. The first-order chi connectivity index (χ1) is 13.4. The molecule has 0 saturated carbocycles. The van der Waals surface area contributed by atoms with E-state index in [2.05, 4.69) is 32.4 Å². The fourth-order valence-corrected chi connectivity index (χ4v) is 3.03. The van der Waals surface area contributed by atoms with Crippen LogP contribution in [-0.4, -0.2) is 36.1 Å². The summed E-state index contributed by atoms with van der Waals surface area (Å²) in [6.07, 6.45) is 0.905. The minimum Gasteiger partial charge on any atom is -0.354 e. The molecule has 0 amide bonds. The fraction of sp³-hybridized carbons (Fsp3) is 0.474. The van der Waals surface area contributed by atoms with Crippen molar-refractivity contribution >= 4 is 5.95 Å². The van der Waals surface area contributed by atoms with E-state index in [0.29, 0.717) is 25.3 Å². The van der Waals surface area contributed by atoms with Crippen LogP contribution in [0.1, 0.15) is 37.4 Å². The summed E-state index contributed by atoms with van der Waals surface area (Å²) in [7, 11) is 0. The van der Waals surface area contributed by atoms with E-state index in [-0.39, 0.29) is 17.6 Å². The Hall–Kier alpha value is -2.84. The van der Waals surface area contributed by atoms with Gasteiger partial charge in [0.25, 0.3) is 6.43 Å². The second-order valence-corrected chi connectivity index (χ2v) is 6.93. The highest BCUT2D eigenvalue weighted by atomic mass is 19.3. The Kier molecular flexibility index (Phi) is 6.01. The molecule has 1 unspecified atom stereocenters. The van der Waals surface area contributed by atoms with Crippen molar-refractivity contribution in [3.05, 3.63) is 41.6 Å². The van der Waals surface area contributed by atoms with Crippen LogP contribution in [-0.2, 0) is 13.1 Å². The number of nitrogens with zero attached hydrogens (tertiary/aromatic N) is 6. The molecule has 1 atom stereocenters. The number of hydrogen-bond donors (Lipinski definition) is 1. The highest BCUT2D eigenvalue weighted by molar-refractivity contribution is 5.62. The van der Waals surface area contributed by atoms with Gasteiger partial charge >= 0.3 is 0 Å². The summed E-state index contributed by atoms with van der Waals surface area (Å²) in [4.78, 5) is 8.42. The number of rotatable bonds is 8. The molecule has 0 bridgehead atoms. The van der Waals surface area contributed by atoms with E-state index in [1.165, 1.54) is 6.07 Å². The maximum absolute atomic E-state index is 13.4. The van der Waals surface area contributed by atoms with Crippen molar-refractivity contribution in [2.24, 2.45) is 5.92 Å². The van der Waals surface area contributed by atoms with Crippen LogP contribution >= 0.6 is 0 Å². The zero-order valence-electron chi connectivity index (χ0n) is 16.5. The minimum absolute atomic E-state index is 0.194. The van der Waals surface area contributed by atoms with Gasteiger partial charge in [-0.3, -0.25) is 9.36 Å². The largest absolute Gasteiger partial charge is 0.354 e. The summed E-state index contributed by atoms with van der Waals surface area (Å²) in [5, 5.41) is 11.7. The van der Waals surface area contributed by atoms with Crippen LogP contribution in [0.5, 0.6) is 0 Å². The number of nitrogens with one attached hydrogen (secondary N) is 1. The van der Waals surface area contributed by atoms with Crippen LogP contribution < -0.4 is 5.32 Å². The van der Waals surface area contributed by atoms with Gasteiger partial charge in [0.2, 0.25) is 5.95 Å². The average molecular weight is 389 g/mol. The van der Waals surface area contributed by atoms with Crippen molar-refractivity contribution in [1.82, 2.24) is 29.5 Å². The Balaban J connectivity index is 1.78. The van der Waals surface area contributed by atoms with Crippen molar-refractivity contribution in [2.75, 3.05) is 11.9 Å². The van der Waals surface area contributed by atoms with Crippen LogP contribution in [0.2, 0.25) is 0 Å². The molecule has 0 radical (unpaired) electrons. The Morgan fingerprint density at radius 2 is 2.00 bits per heavy atom. The molecule has 0 saturated heterocycles. The summed E-state index contributed by atoms with van der Waals surface area (Å²) in [5.74, 6) is 0.408. The molecule has 3 rings (SSSR count). The molecule has 0 aliphatic heterocycles. The number of alkyl halides is 2. The zero-order chi connectivity index (χ0) is 20.3. The number of aromatic nitrogens is 6. The van der Waals surface area contributed by atoms with Crippen molar-refractivity contribution in [2.45, 2.75) is 47.2 Å². The third kappa shape index (κ3) is 4.52. The summed E-state index contributed by atoms with van der Waals surface area (Å²) in [6, 6.07) is 3.27. The first-order valence-electron chi connectivity index (χ1n) is 9.31. The van der Waals surface area contributed by atoms with Gasteiger partial charge in [-0.2, -0.15) is 10.2 Å². The van der Waals surface area contributed by atoms with E-state index < -0.39 is 6.43 Å². The summed E-state index contributed by atoms with van der Waals surface area (Å²) in [6.45, 7) is 9.82. The van der Waals surface area contributed by atoms with E-state index in [9.17, 15) is 8.78 Å². The monoisotopic (exact) mass is 389 g/mol. The molecule has 0 aliphatic rings. The van der Waals surface area contributed by atoms with E-state index in [1.807, 2.05) is 37.7 Å². The lowest BCUT2D eigenvalue weighted by atomic mass is 10.1. The number of aryl methyl sites for hydroxylation is 2. The molecular formula is C19H25F2N7. The maximum Gasteiger partial charge on any atom is 0.280 e. The molecule has 3 heterocycles. The highest BCUT2D eigenvalue weighted by Crippen LogP contribution is 2.26. The van der Waals surface area contributed by atoms with Crippen LogP contribution in [0.25, 0.3) is 11.3 Å². The molecular weight excluding hydrogens is 364 g/mol. The zero-order valence-corrected chi connectivity index (χ0v) is 16.5. The molecule has 0 spiro atoms. The quantitative estimate of drug-likeness (QED) is 0.633. The third-order valence-electron chi connectivity index (χ3n) is 4.53. The summed E-state index contributed by atoms with van der Waals surface area (Å²) in [5.41, 5.74) is 2.72. The Labute approximate surface area is 162 Å². The summed E-state index contributed by atoms with van der Waals surface area (Å²) >= 11 is 0. The maximum atomic E-state index is 13.4. The second kappa shape index (κ2) is 8.45. The van der Waals surface area contributed by atoms with E-state index in [4.69, 9.17) is 0 Å². The van der Waals surface area contributed by atoms with Crippen molar-refractivity contribution in [3.63, 3.8) is 0 Å². The second-order valence-electron chi connectivity index (χ2n) is 6.93. The summed E-state index contributed by atoms with van der Waals surface area (Å²) < 4.78 is 30.4.